The van der Waals surface area contributed by atoms with Gasteiger partial charge in [0.2, 0.25) is 5.91 Å². The number of benzene rings is 1. The van der Waals surface area contributed by atoms with E-state index in [4.69, 9.17) is 5.73 Å². The van der Waals surface area contributed by atoms with Crippen LogP contribution in [-0.2, 0) is 11.2 Å². The molecule has 0 saturated carbocycles. The predicted octanol–water partition coefficient (Wildman–Crippen LogP) is 2.19. The summed E-state index contributed by atoms with van der Waals surface area (Å²) in [5.74, 6) is 0.273. The lowest BCUT2D eigenvalue weighted by atomic mass is 9.76. The topological polar surface area (TPSA) is 46.3 Å². The van der Waals surface area contributed by atoms with E-state index in [1.807, 2.05) is 24.1 Å². The number of nitrogens with two attached hydrogens (primary N) is 1. The molecule has 1 amide bonds. The Morgan fingerprint density at radius 3 is 2.63 bits per heavy atom. The highest BCUT2D eigenvalue weighted by Gasteiger charge is 2.34. The SMILES string of the molecule is CN(CC(C)(C)CN)C(=O)C1Cc2ccccc21.Cl. The molecule has 1 aliphatic carbocycles. The van der Waals surface area contributed by atoms with E-state index < -0.39 is 0 Å². The largest absolute Gasteiger partial charge is 0.345 e. The van der Waals surface area contributed by atoms with Gasteiger partial charge in [-0.15, -0.1) is 12.4 Å². The first-order valence-electron chi connectivity index (χ1n) is 6.47. The van der Waals surface area contributed by atoms with E-state index in [2.05, 4.69) is 26.0 Å². The van der Waals surface area contributed by atoms with E-state index >= 15 is 0 Å². The second-order valence-electron chi connectivity index (χ2n) is 6.02. The lowest BCUT2D eigenvalue weighted by molar-refractivity contribution is -0.133. The number of carbonyl (C=O) groups is 1. The predicted molar refractivity (Wildman–Crippen MR) is 80.6 cm³/mol. The van der Waals surface area contributed by atoms with Crippen LogP contribution in [0.15, 0.2) is 24.3 Å². The van der Waals surface area contributed by atoms with Gasteiger partial charge >= 0.3 is 0 Å². The number of likely N-dealkylation sites (N-methyl/N-ethyl adjacent to an activating group) is 1. The van der Waals surface area contributed by atoms with Gasteiger partial charge in [-0.1, -0.05) is 38.1 Å². The van der Waals surface area contributed by atoms with Crippen molar-refractivity contribution in [3.63, 3.8) is 0 Å². The summed E-state index contributed by atoms with van der Waals surface area (Å²) in [6, 6.07) is 8.19. The maximum Gasteiger partial charge on any atom is 0.230 e. The average molecular weight is 283 g/mol. The molecule has 4 heteroatoms. The number of carbonyl (C=O) groups excluding carboxylic acids is 1. The third-order valence-corrected chi connectivity index (χ3v) is 3.75. The monoisotopic (exact) mass is 282 g/mol. The summed E-state index contributed by atoms with van der Waals surface area (Å²) >= 11 is 0. The smallest absolute Gasteiger partial charge is 0.230 e. The van der Waals surface area contributed by atoms with Crippen LogP contribution in [-0.4, -0.2) is 30.9 Å². The Bertz CT molecular complexity index is 459. The zero-order valence-electron chi connectivity index (χ0n) is 11.8. The van der Waals surface area contributed by atoms with Gasteiger partial charge in [-0.3, -0.25) is 4.79 Å². The first-order chi connectivity index (χ1) is 8.44. The van der Waals surface area contributed by atoms with Crippen LogP contribution < -0.4 is 5.73 Å². The average Bonchev–Trinajstić information content (AvgIpc) is 2.30. The van der Waals surface area contributed by atoms with Crippen molar-refractivity contribution in [2.24, 2.45) is 11.1 Å². The minimum absolute atomic E-state index is 0. The highest BCUT2D eigenvalue weighted by Crippen LogP contribution is 2.36. The molecule has 0 aromatic heterocycles. The van der Waals surface area contributed by atoms with Crippen LogP contribution in [0.2, 0.25) is 0 Å². The molecule has 1 unspecified atom stereocenters. The van der Waals surface area contributed by atoms with Crippen LogP contribution in [0.1, 0.15) is 30.9 Å². The van der Waals surface area contributed by atoms with E-state index in [1.165, 1.54) is 11.1 Å². The Morgan fingerprint density at radius 2 is 2.05 bits per heavy atom. The molecule has 106 valence electrons. The van der Waals surface area contributed by atoms with Gasteiger partial charge in [0.15, 0.2) is 0 Å². The fraction of sp³-hybridized carbons (Fsp3) is 0.533. The third-order valence-electron chi connectivity index (χ3n) is 3.75. The zero-order chi connectivity index (χ0) is 13.3. The van der Waals surface area contributed by atoms with Crippen LogP contribution in [0, 0.1) is 5.41 Å². The van der Waals surface area contributed by atoms with E-state index in [-0.39, 0.29) is 29.6 Å². The van der Waals surface area contributed by atoms with Crippen LogP contribution >= 0.6 is 12.4 Å². The molecule has 0 aliphatic heterocycles. The minimum Gasteiger partial charge on any atom is -0.345 e. The van der Waals surface area contributed by atoms with Crippen molar-refractivity contribution < 1.29 is 4.79 Å². The maximum absolute atomic E-state index is 12.4. The molecule has 3 nitrogen and oxygen atoms in total. The molecule has 2 N–H and O–H groups in total. The standard InChI is InChI=1S/C15H22N2O.ClH/c1-15(2,9-16)10-17(3)14(18)13-8-11-6-4-5-7-12(11)13;/h4-7,13H,8-10,16H2,1-3H3;1H. The Balaban J connectivity index is 0.00000180. The normalized spacial score (nSPS) is 16.9. The summed E-state index contributed by atoms with van der Waals surface area (Å²) in [7, 11) is 1.88. The summed E-state index contributed by atoms with van der Waals surface area (Å²) < 4.78 is 0. The summed E-state index contributed by atoms with van der Waals surface area (Å²) in [5, 5.41) is 0. The molecule has 1 aromatic rings. The Labute approximate surface area is 121 Å². The Morgan fingerprint density at radius 1 is 1.42 bits per heavy atom. The van der Waals surface area contributed by atoms with Crippen molar-refractivity contribution >= 4 is 18.3 Å². The van der Waals surface area contributed by atoms with Gasteiger partial charge in [0, 0.05) is 13.6 Å². The van der Waals surface area contributed by atoms with Crippen molar-refractivity contribution in [3.8, 4) is 0 Å². The minimum atomic E-state index is -0.0202. The van der Waals surface area contributed by atoms with Gasteiger partial charge in [0.05, 0.1) is 5.92 Å². The third kappa shape index (κ3) is 3.28. The van der Waals surface area contributed by atoms with Crippen molar-refractivity contribution in [2.75, 3.05) is 20.1 Å². The van der Waals surface area contributed by atoms with E-state index in [0.29, 0.717) is 13.1 Å². The fourth-order valence-corrected chi connectivity index (χ4v) is 2.53. The molecular weight excluding hydrogens is 260 g/mol. The first kappa shape index (κ1) is 16.0. The molecule has 0 saturated heterocycles. The van der Waals surface area contributed by atoms with E-state index in [1.54, 1.807) is 0 Å². The van der Waals surface area contributed by atoms with Gasteiger partial charge in [0.25, 0.3) is 0 Å². The van der Waals surface area contributed by atoms with Gasteiger partial charge in [-0.2, -0.15) is 0 Å². The van der Waals surface area contributed by atoms with Crippen molar-refractivity contribution in [3.05, 3.63) is 35.4 Å². The van der Waals surface area contributed by atoms with E-state index in [9.17, 15) is 4.79 Å². The van der Waals surface area contributed by atoms with Gasteiger partial charge < -0.3 is 10.6 Å². The number of halogens is 1. The highest BCUT2D eigenvalue weighted by molar-refractivity contribution is 5.86. The molecule has 1 aromatic carbocycles. The van der Waals surface area contributed by atoms with Crippen LogP contribution in [0.25, 0.3) is 0 Å². The summed E-state index contributed by atoms with van der Waals surface area (Å²) in [6.45, 7) is 5.48. The van der Waals surface area contributed by atoms with Gasteiger partial charge in [0.1, 0.15) is 0 Å². The highest BCUT2D eigenvalue weighted by atomic mass is 35.5. The number of rotatable bonds is 4. The lowest BCUT2D eigenvalue weighted by Gasteiger charge is -2.35. The molecule has 19 heavy (non-hydrogen) atoms. The van der Waals surface area contributed by atoms with Crippen molar-refractivity contribution in [1.82, 2.24) is 4.90 Å². The Kier molecular flexibility index (Phi) is 4.99. The zero-order valence-corrected chi connectivity index (χ0v) is 12.7. The summed E-state index contributed by atoms with van der Waals surface area (Å²) in [5.41, 5.74) is 8.20. The molecule has 0 radical (unpaired) electrons. The van der Waals surface area contributed by atoms with E-state index in [0.717, 1.165) is 6.42 Å². The van der Waals surface area contributed by atoms with Gasteiger partial charge in [-0.25, -0.2) is 0 Å². The Hall–Kier alpha value is -1.06. The second-order valence-corrected chi connectivity index (χ2v) is 6.02. The molecule has 0 fully saturated rings. The molecule has 2 rings (SSSR count). The molecule has 0 heterocycles. The molecule has 0 spiro atoms. The van der Waals surface area contributed by atoms with Crippen LogP contribution in [0.3, 0.4) is 0 Å². The number of amides is 1. The quantitative estimate of drug-likeness (QED) is 0.920. The van der Waals surface area contributed by atoms with Crippen LogP contribution in [0.5, 0.6) is 0 Å². The first-order valence-corrected chi connectivity index (χ1v) is 6.47. The summed E-state index contributed by atoms with van der Waals surface area (Å²) in [4.78, 5) is 14.2. The molecular formula is C15H23ClN2O. The van der Waals surface area contributed by atoms with Gasteiger partial charge in [-0.05, 0) is 29.5 Å². The molecule has 1 aliphatic rings. The second kappa shape index (κ2) is 5.93. The lowest BCUT2D eigenvalue weighted by Crippen LogP contribution is -2.43. The maximum atomic E-state index is 12.4. The summed E-state index contributed by atoms with van der Waals surface area (Å²) in [6.07, 6.45) is 0.877. The molecule has 1 atom stereocenters. The fourth-order valence-electron chi connectivity index (χ4n) is 2.53. The van der Waals surface area contributed by atoms with Crippen LogP contribution in [0.4, 0.5) is 0 Å². The number of nitrogens with zero attached hydrogens (tertiary/aromatic N) is 1. The number of hydrogen-bond donors (Lipinski definition) is 1. The molecule has 0 bridgehead atoms. The van der Waals surface area contributed by atoms with Crippen molar-refractivity contribution in [2.45, 2.75) is 26.2 Å². The number of hydrogen-bond acceptors (Lipinski definition) is 2. The number of fused-ring (bicyclic) bond motifs is 1. The van der Waals surface area contributed by atoms with Crippen molar-refractivity contribution in [1.29, 1.82) is 0 Å².